The van der Waals surface area contributed by atoms with Crippen molar-refractivity contribution < 1.29 is 14.0 Å². The van der Waals surface area contributed by atoms with E-state index in [2.05, 4.69) is 24.1 Å². The van der Waals surface area contributed by atoms with Gasteiger partial charge in [-0.15, -0.1) is 0 Å². The Morgan fingerprint density at radius 3 is 2.53 bits per heavy atom. The molecule has 0 aliphatic carbocycles. The molecule has 0 unspecified atom stereocenters. The second-order valence-electron chi connectivity index (χ2n) is 7.73. The van der Waals surface area contributed by atoms with Crippen LogP contribution >= 0.6 is 11.6 Å². The van der Waals surface area contributed by atoms with E-state index in [1.807, 2.05) is 24.3 Å². The van der Waals surface area contributed by atoms with Gasteiger partial charge < -0.3 is 4.90 Å². The molecule has 1 aromatic carbocycles. The van der Waals surface area contributed by atoms with Gasteiger partial charge in [0.2, 0.25) is 5.91 Å². The Kier molecular flexibility index (Phi) is 6.92. The Morgan fingerprint density at radius 2 is 1.93 bits per heavy atom. The van der Waals surface area contributed by atoms with E-state index in [1.54, 1.807) is 16.7 Å². The van der Waals surface area contributed by atoms with E-state index in [4.69, 9.17) is 11.6 Å². The summed E-state index contributed by atoms with van der Waals surface area (Å²) in [7, 11) is 0. The Bertz CT molecular complexity index is 929. The minimum Gasteiger partial charge on any atom is -0.343 e. The molecule has 1 fully saturated rings. The number of halogens is 2. The summed E-state index contributed by atoms with van der Waals surface area (Å²) in [5.74, 6) is -0.643. The molecule has 160 valence electrons. The zero-order valence-electron chi connectivity index (χ0n) is 17.4. The monoisotopic (exact) mass is 432 g/mol. The maximum atomic E-state index is 14.2. The number of aromatic nitrogens is 1. The summed E-state index contributed by atoms with van der Waals surface area (Å²) in [6.45, 7) is 6.82. The number of hydrogen-bond donors (Lipinski definition) is 1. The average molecular weight is 433 g/mol. The first-order valence-corrected chi connectivity index (χ1v) is 10.4. The largest absolute Gasteiger partial charge is 0.343 e. The maximum absolute atomic E-state index is 14.2. The molecule has 0 spiro atoms. The third-order valence-corrected chi connectivity index (χ3v) is 5.55. The van der Waals surface area contributed by atoms with Crippen LogP contribution in [0.1, 0.15) is 45.1 Å². The van der Waals surface area contributed by atoms with Crippen LogP contribution in [0.2, 0.25) is 5.02 Å². The van der Waals surface area contributed by atoms with Gasteiger partial charge in [-0.05, 0) is 36.5 Å². The fourth-order valence-electron chi connectivity index (χ4n) is 3.77. The number of nitrogens with one attached hydrogen (secondary N) is 1. The van der Waals surface area contributed by atoms with Gasteiger partial charge in [-0.2, -0.15) is 0 Å². The zero-order valence-corrected chi connectivity index (χ0v) is 18.1. The lowest BCUT2D eigenvalue weighted by Gasteiger charge is -2.39. The van der Waals surface area contributed by atoms with Crippen LogP contribution in [0.4, 0.5) is 20.7 Å². The van der Waals surface area contributed by atoms with Crippen LogP contribution in [0, 0.1) is 5.82 Å². The number of anilines is 2. The van der Waals surface area contributed by atoms with Crippen molar-refractivity contribution in [2.24, 2.45) is 0 Å². The highest BCUT2D eigenvalue weighted by molar-refractivity contribution is 6.30. The minimum atomic E-state index is -0.695. The number of carbonyl (C=O) groups excluding carboxylic acids is 2. The lowest BCUT2D eigenvalue weighted by Crippen LogP contribution is -2.50. The van der Waals surface area contributed by atoms with Crippen molar-refractivity contribution in [1.82, 2.24) is 9.88 Å². The number of piperidine rings is 1. The average Bonchev–Trinajstić information content (AvgIpc) is 2.71. The first-order valence-electron chi connectivity index (χ1n) is 10.0. The highest BCUT2D eigenvalue weighted by Gasteiger charge is 2.32. The van der Waals surface area contributed by atoms with Gasteiger partial charge in [0.1, 0.15) is 0 Å². The summed E-state index contributed by atoms with van der Waals surface area (Å²) in [5.41, 5.74) is 1.80. The van der Waals surface area contributed by atoms with Crippen LogP contribution in [0.15, 0.2) is 36.5 Å². The van der Waals surface area contributed by atoms with Crippen molar-refractivity contribution in [3.63, 3.8) is 0 Å². The molecule has 2 heterocycles. The third kappa shape index (κ3) is 4.90. The molecule has 30 heavy (non-hydrogen) atoms. The predicted molar refractivity (Wildman–Crippen MR) is 117 cm³/mol. The molecule has 6 nitrogen and oxygen atoms in total. The van der Waals surface area contributed by atoms with Crippen molar-refractivity contribution in [2.75, 3.05) is 23.3 Å². The Balaban J connectivity index is 1.93. The van der Waals surface area contributed by atoms with E-state index >= 15 is 0 Å². The Hall–Kier alpha value is -2.67. The second kappa shape index (κ2) is 9.43. The van der Waals surface area contributed by atoms with Crippen LogP contribution in [0.3, 0.4) is 0 Å². The lowest BCUT2D eigenvalue weighted by atomic mass is 9.97. The van der Waals surface area contributed by atoms with Crippen LogP contribution in [0.25, 0.3) is 0 Å². The minimum absolute atomic E-state index is 0.0273. The van der Waals surface area contributed by atoms with Gasteiger partial charge in [0.25, 0.3) is 0 Å². The van der Waals surface area contributed by atoms with Gasteiger partial charge >= 0.3 is 6.03 Å². The van der Waals surface area contributed by atoms with Crippen molar-refractivity contribution in [3.8, 4) is 0 Å². The van der Waals surface area contributed by atoms with Gasteiger partial charge in [-0.25, -0.2) is 14.2 Å². The summed E-state index contributed by atoms with van der Waals surface area (Å²) in [6.07, 6.45) is 2.56. The molecule has 1 saturated heterocycles. The molecule has 0 radical (unpaired) electrons. The van der Waals surface area contributed by atoms with Crippen LogP contribution in [-0.4, -0.2) is 41.0 Å². The summed E-state index contributed by atoms with van der Waals surface area (Å²) < 4.78 is 14.2. The van der Waals surface area contributed by atoms with Crippen LogP contribution in [0.5, 0.6) is 0 Å². The maximum Gasteiger partial charge on any atom is 0.327 e. The smallest absolute Gasteiger partial charge is 0.327 e. The standard InChI is InChI=1S/C22H26ClFN4O2/c1-14(2)18-6-4-5-7-20(18)28(17-8-10-27(11-9-17)15(3)29)22(30)26-21-19(24)12-16(23)13-25-21/h4-7,12-14,17H,8-11H2,1-3H3,(H,25,26,30). The van der Waals surface area contributed by atoms with E-state index < -0.39 is 11.8 Å². The van der Waals surface area contributed by atoms with E-state index in [0.717, 1.165) is 17.3 Å². The fourth-order valence-corrected chi connectivity index (χ4v) is 3.92. The van der Waals surface area contributed by atoms with Gasteiger partial charge in [0.05, 0.1) is 5.02 Å². The molecule has 1 aromatic heterocycles. The number of hydrogen-bond acceptors (Lipinski definition) is 3. The van der Waals surface area contributed by atoms with Crippen LogP contribution < -0.4 is 10.2 Å². The summed E-state index contributed by atoms with van der Waals surface area (Å²) in [6, 6.07) is 8.24. The molecule has 2 aromatic rings. The number of rotatable bonds is 4. The van der Waals surface area contributed by atoms with E-state index in [1.165, 1.54) is 6.20 Å². The summed E-state index contributed by atoms with van der Waals surface area (Å²) in [5, 5.41) is 2.75. The normalized spacial score (nSPS) is 14.7. The zero-order chi connectivity index (χ0) is 21.8. The highest BCUT2D eigenvalue weighted by atomic mass is 35.5. The van der Waals surface area contributed by atoms with Crippen molar-refractivity contribution in [2.45, 2.75) is 45.6 Å². The van der Waals surface area contributed by atoms with E-state index in [9.17, 15) is 14.0 Å². The number of para-hydroxylation sites is 1. The molecule has 0 saturated carbocycles. The number of carbonyl (C=O) groups is 2. The molecular formula is C22H26ClFN4O2. The van der Waals surface area contributed by atoms with Crippen molar-refractivity contribution in [3.05, 3.63) is 52.9 Å². The first kappa shape index (κ1) is 22.0. The number of likely N-dealkylation sites (tertiary alicyclic amines) is 1. The summed E-state index contributed by atoms with van der Waals surface area (Å²) in [4.78, 5) is 32.4. The topological polar surface area (TPSA) is 65.5 Å². The predicted octanol–water partition coefficient (Wildman–Crippen LogP) is 5.05. The van der Waals surface area contributed by atoms with Crippen molar-refractivity contribution in [1.29, 1.82) is 0 Å². The van der Waals surface area contributed by atoms with Gasteiger partial charge in [-0.3, -0.25) is 15.0 Å². The number of urea groups is 1. The summed E-state index contributed by atoms with van der Waals surface area (Å²) >= 11 is 5.77. The number of nitrogens with zero attached hydrogens (tertiary/aromatic N) is 3. The Labute approximate surface area is 181 Å². The van der Waals surface area contributed by atoms with Crippen LogP contribution in [-0.2, 0) is 4.79 Å². The molecule has 0 bridgehead atoms. The van der Waals surface area contributed by atoms with E-state index in [0.29, 0.717) is 25.9 Å². The molecule has 1 aliphatic heterocycles. The SMILES string of the molecule is CC(=O)N1CCC(N(C(=O)Nc2ncc(Cl)cc2F)c2ccccc2C(C)C)CC1. The fraction of sp³-hybridized carbons (Fsp3) is 0.409. The van der Waals surface area contributed by atoms with Gasteiger partial charge in [0, 0.05) is 37.9 Å². The second-order valence-corrected chi connectivity index (χ2v) is 8.17. The molecule has 0 atom stereocenters. The number of benzene rings is 1. The van der Waals surface area contributed by atoms with Gasteiger partial charge in [-0.1, -0.05) is 43.6 Å². The number of amides is 3. The molecule has 3 rings (SSSR count). The molecule has 1 aliphatic rings. The van der Waals surface area contributed by atoms with Crippen molar-refractivity contribution >= 4 is 35.0 Å². The molecule has 1 N–H and O–H groups in total. The quantitative estimate of drug-likeness (QED) is 0.735. The molecular weight excluding hydrogens is 407 g/mol. The highest BCUT2D eigenvalue weighted by Crippen LogP contribution is 2.32. The third-order valence-electron chi connectivity index (χ3n) is 5.35. The molecule has 8 heteroatoms. The lowest BCUT2D eigenvalue weighted by molar-refractivity contribution is -0.129. The number of pyridine rings is 1. The van der Waals surface area contributed by atoms with Gasteiger partial charge in [0.15, 0.2) is 11.6 Å². The Morgan fingerprint density at radius 1 is 1.27 bits per heavy atom. The van der Waals surface area contributed by atoms with E-state index in [-0.39, 0.29) is 28.7 Å². The first-order chi connectivity index (χ1) is 14.3. The molecule has 3 amide bonds.